The molecule has 0 saturated heterocycles. The Morgan fingerprint density at radius 1 is 1.08 bits per heavy atom. The molecule has 3 heterocycles. The highest BCUT2D eigenvalue weighted by atomic mass is 16.5. The first-order valence-electron chi connectivity index (χ1n) is 12.8. The molecule has 0 aliphatic rings. The molecule has 38 heavy (non-hydrogen) atoms. The minimum Gasteiger partial charge on any atom is -0.462 e. The van der Waals surface area contributed by atoms with Gasteiger partial charge in [-0.3, -0.25) is 14.0 Å². The Morgan fingerprint density at radius 2 is 1.76 bits per heavy atom. The van der Waals surface area contributed by atoms with Gasteiger partial charge in [-0.1, -0.05) is 52.8 Å². The number of ether oxygens (including phenoxy) is 1. The molecule has 0 spiro atoms. The normalized spacial score (nSPS) is 12.5. The van der Waals surface area contributed by atoms with E-state index in [1.54, 1.807) is 35.9 Å². The lowest BCUT2D eigenvalue weighted by atomic mass is 9.87. The van der Waals surface area contributed by atoms with Crippen molar-refractivity contribution < 1.29 is 14.3 Å². The van der Waals surface area contributed by atoms with Crippen LogP contribution in [0.25, 0.3) is 16.7 Å². The number of hydrogen-bond donors (Lipinski definition) is 0. The fraction of sp³-hybridized carbons (Fsp3) is 0.367. The van der Waals surface area contributed by atoms with Gasteiger partial charge in [0.05, 0.1) is 12.0 Å². The standard InChI is InChI=1S/C30H34N4O4/c1-8-38-29(37)23-16-22-25(31-24-19(4)10-9-15-33(24)28(22)36)34(17-18(2)3)26(23)32-27(35)20-11-13-21(14-12-20)30(5,6)7/h9-16,18H,8,17H2,1-7H3. The van der Waals surface area contributed by atoms with Crippen LogP contribution in [-0.4, -0.2) is 32.4 Å². The molecule has 4 rings (SSSR count). The molecule has 0 aliphatic heterocycles. The lowest BCUT2D eigenvalue weighted by molar-refractivity contribution is 0.0523. The average molecular weight is 515 g/mol. The van der Waals surface area contributed by atoms with Crippen LogP contribution in [0.15, 0.2) is 58.4 Å². The molecule has 0 bridgehead atoms. The number of nitrogens with zero attached hydrogens (tertiary/aromatic N) is 4. The predicted molar refractivity (Wildman–Crippen MR) is 148 cm³/mol. The number of hydrogen-bond acceptors (Lipinski definition) is 5. The van der Waals surface area contributed by atoms with Crippen molar-refractivity contribution in [3.05, 3.63) is 86.8 Å². The maximum absolute atomic E-state index is 13.5. The van der Waals surface area contributed by atoms with Gasteiger partial charge < -0.3 is 9.30 Å². The van der Waals surface area contributed by atoms with Gasteiger partial charge in [0.1, 0.15) is 16.9 Å². The summed E-state index contributed by atoms with van der Waals surface area (Å²) < 4.78 is 8.47. The van der Waals surface area contributed by atoms with Gasteiger partial charge >= 0.3 is 5.97 Å². The number of fused-ring (bicyclic) bond motifs is 2. The zero-order chi connectivity index (χ0) is 27.8. The number of rotatable bonds is 5. The molecule has 198 valence electrons. The van der Waals surface area contributed by atoms with Crippen LogP contribution in [0.3, 0.4) is 0 Å². The Morgan fingerprint density at radius 3 is 2.37 bits per heavy atom. The number of carbonyl (C=O) groups is 2. The predicted octanol–water partition coefficient (Wildman–Crippen LogP) is 4.83. The van der Waals surface area contributed by atoms with E-state index < -0.39 is 11.9 Å². The second-order valence-corrected chi connectivity index (χ2v) is 10.9. The molecule has 1 amide bonds. The molecule has 8 heteroatoms. The van der Waals surface area contributed by atoms with Crippen molar-refractivity contribution >= 4 is 28.6 Å². The topological polar surface area (TPSA) is 95.0 Å². The summed E-state index contributed by atoms with van der Waals surface area (Å²) in [5.41, 5.74) is 2.97. The van der Waals surface area contributed by atoms with Crippen molar-refractivity contribution in [2.75, 3.05) is 6.61 Å². The van der Waals surface area contributed by atoms with Crippen LogP contribution in [0.5, 0.6) is 0 Å². The van der Waals surface area contributed by atoms with Crippen LogP contribution in [0.1, 0.15) is 73.4 Å². The molecule has 0 N–H and O–H groups in total. The molecule has 0 radical (unpaired) electrons. The number of aromatic nitrogens is 3. The minimum absolute atomic E-state index is 0.0474. The summed E-state index contributed by atoms with van der Waals surface area (Å²) in [4.78, 5) is 49.3. The van der Waals surface area contributed by atoms with E-state index in [0.717, 1.165) is 11.1 Å². The summed E-state index contributed by atoms with van der Waals surface area (Å²) in [7, 11) is 0. The Hall–Kier alpha value is -4.07. The van der Waals surface area contributed by atoms with E-state index in [0.29, 0.717) is 23.4 Å². The first-order valence-corrected chi connectivity index (χ1v) is 12.8. The van der Waals surface area contributed by atoms with Gasteiger partial charge in [-0.2, -0.15) is 4.99 Å². The molecule has 0 aliphatic carbocycles. The highest BCUT2D eigenvalue weighted by Gasteiger charge is 2.21. The van der Waals surface area contributed by atoms with Gasteiger partial charge in [-0.25, -0.2) is 9.78 Å². The maximum atomic E-state index is 13.5. The van der Waals surface area contributed by atoms with Crippen LogP contribution in [0.4, 0.5) is 0 Å². The van der Waals surface area contributed by atoms with E-state index in [9.17, 15) is 14.4 Å². The summed E-state index contributed by atoms with van der Waals surface area (Å²) in [6, 6.07) is 12.4. The monoisotopic (exact) mass is 514 g/mol. The molecule has 8 nitrogen and oxygen atoms in total. The smallest absolute Gasteiger partial charge is 0.341 e. The van der Waals surface area contributed by atoms with Gasteiger partial charge in [0.15, 0.2) is 5.49 Å². The molecule has 4 aromatic rings. The third-order valence-corrected chi connectivity index (χ3v) is 6.35. The van der Waals surface area contributed by atoms with E-state index in [4.69, 9.17) is 9.72 Å². The Balaban J connectivity index is 2.07. The zero-order valence-electron chi connectivity index (χ0n) is 23.0. The summed E-state index contributed by atoms with van der Waals surface area (Å²) in [6.45, 7) is 14.4. The van der Waals surface area contributed by atoms with E-state index in [1.807, 2.05) is 39.0 Å². The molecular formula is C30H34N4O4. The van der Waals surface area contributed by atoms with Crippen LogP contribution in [0.2, 0.25) is 0 Å². The van der Waals surface area contributed by atoms with Gasteiger partial charge in [-0.05, 0) is 60.6 Å². The largest absolute Gasteiger partial charge is 0.462 e. The van der Waals surface area contributed by atoms with Crippen molar-refractivity contribution in [2.45, 2.75) is 60.4 Å². The summed E-state index contributed by atoms with van der Waals surface area (Å²) >= 11 is 0. The number of pyridine rings is 2. The van der Waals surface area contributed by atoms with Gasteiger partial charge in [0, 0.05) is 18.3 Å². The van der Waals surface area contributed by atoms with Crippen molar-refractivity contribution in [2.24, 2.45) is 10.9 Å². The first-order chi connectivity index (χ1) is 17.9. The minimum atomic E-state index is -0.657. The maximum Gasteiger partial charge on any atom is 0.341 e. The summed E-state index contributed by atoms with van der Waals surface area (Å²) in [6.07, 6.45) is 1.65. The van der Waals surface area contributed by atoms with Crippen molar-refractivity contribution in [3.63, 3.8) is 0 Å². The van der Waals surface area contributed by atoms with Crippen LogP contribution in [0, 0.1) is 12.8 Å². The third kappa shape index (κ3) is 5.16. The van der Waals surface area contributed by atoms with E-state index >= 15 is 0 Å². The van der Waals surface area contributed by atoms with Gasteiger partial charge in [-0.15, -0.1) is 0 Å². The second-order valence-electron chi connectivity index (χ2n) is 10.9. The zero-order valence-corrected chi connectivity index (χ0v) is 23.0. The quantitative estimate of drug-likeness (QED) is 0.281. The molecule has 0 saturated carbocycles. The molecule has 0 unspecified atom stereocenters. The highest BCUT2D eigenvalue weighted by Crippen LogP contribution is 2.22. The molecular weight excluding hydrogens is 480 g/mol. The lowest BCUT2D eigenvalue weighted by Gasteiger charge is -2.19. The van der Waals surface area contributed by atoms with Crippen molar-refractivity contribution in [1.82, 2.24) is 14.0 Å². The molecule has 0 fully saturated rings. The number of amides is 1. The average Bonchev–Trinajstić information content (AvgIpc) is 2.85. The fourth-order valence-electron chi connectivity index (χ4n) is 4.38. The SMILES string of the molecule is CCOC(=O)c1cc2c(=O)n3cccc(C)c3nc2n(CC(C)C)c1=NC(=O)c1ccc(C(C)(C)C)cc1. The number of esters is 1. The third-order valence-electron chi connectivity index (χ3n) is 6.35. The molecule has 0 atom stereocenters. The van der Waals surface area contributed by atoms with E-state index in [-0.39, 0.29) is 39.9 Å². The molecule has 1 aromatic carbocycles. The van der Waals surface area contributed by atoms with Gasteiger partial charge in [0.25, 0.3) is 11.5 Å². The number of benzene rings is 1. The van der Waals surface area contributed by atoms with Crippen molar-refractivity contribution in [1.29, 1.82) is 0 Å². The Labute approximate surface area is 221 Å². The van der Waals surface area contributed by atoms with E-state index in [1.165, 1.54) is 10.5 Å². The summed E-state index contributed by atoms with van der Waals surface area (Å²) in [5.74, 6) is -1.05. The van der Waals surface area contributed by atoms with Crippen LogP contribution < -0.4 is 11.0 Å². The molecule has 3 aromatic heterocycles. The summed E-state index contributed by atoms with van der Waals surface area (Å²) in [5, 5.41) is 0.248. The Kier molecular flexibility index (Phi) is 7.35. The lowest BCUT2D eigenvalue weighted by Crippen LogP contribution is -2.34. The first kappa shape index (κ1) is 27.0. The van der Waals surface area contributed by atoms with E-state index in [2.05, 4.69) is 25.8 Å². The highest BCUT2D eigenvalue weighted by molar-refractivity contribution is 5.97. The van der Waals surface area contributed by atoms with Crippen LogP contribution in [-0.2, 0) is 16.7 Å². The van der Waals surface area contributed by atoms with Gasteiger partial charge in [0.2, 0.25) is 0 Å². The number of aryl methyl sites for hydroxylation is 1. The van der Waals surface area contributed by atoms with Crippen molar-refractivity contribution in [3.8, 4) is 0 Å². The van der Waals surface area contributed by atoms with Crippen LogP contribution >= 0.6 is 0 Å². The Bertz CT molecular complexity index is 1670. The second kappa shape index (κ2) is 10.4. The number of carbonyl (C=O) groups excluding carboxylic acids is 2. The fourth-order valence-corrected chi connectivity index (χ4v) is 4.38.